The van der Waals surface area contributed by atoms with Gasteiger partial charge >= 0.3 is 0 Å². The molecule has 2 aromatic rings. The molecule has 0 spiro atoms. The number of nitrogens with zero attached hydrogens (tertiary/aromatic N) is 2. The van der Waals surface area contributed by atoms with Crippen LogP contribution in [0.5, 0.6) is 0 Å². The van der Waals surface area contributed by atoms with Crippen LogP contribution in [0.2, 0.25) is 0 Å². The van der Waals surface area contributed by atoms with E-state index in [9.17, 15) is 4.79 Å². The number of hydrogen-bond donors (Lipinski definition) is 0. The standard InChI is InChI=1S/C21H26N2OS/c1-14-17(25-18(22-14)15-8-6-5-7-9-15)19(24)23-13-21(4)11-16(23)10-20(2,3)12-21/h5-9,16H,10-13H2,1-4H3/t16-,21+/m0/s1. The summed E-state index contributed by atoms with van der Waals surface area (Å²) in [5.41, 5.74) is 2.54. The number of aromatic nitrogens is 1. The smallest absolute Gasteiger partial charge is 0.266 e. The number of aryl methyl sites for hydroxylation is 1. The van der Waals surface area contributed by atoms with Crippen LogP contribution >= 0.6 is 11.3 Å². The Bertz CT molecular complexity index is 811. The number of carbonyl (C=O) groups excluding carboxylic acids is 1. The Labute approximate surface area is 154 Å². The fraction of sp³-hybridized carbons (Fsp3) is 0.524. The third kappa shape index (κ3) is 3.01. The van der Waals surface area contributed by atoms with E-state index in [2.05, 4.69) is 42.8 Å². The summed E-state index contributed by atoms with van der Waals surface area (Å²) < 4.78 is 0. The van der Waals surface area contributed by atoms with Gasteiger partial charge in [0.1, 0.15) is 9.88 Å². The summed E-state index contributed by atoms with van der Waals surface area (Å²) in [4.78, 5) is 20.9. The van der Waals surface area contributed by atoms with E-state index in [1.807, 2.05) is 25.1 Å². The van der Waals surface area contributed by atoms with Crippen LogP contribution in [0, 0.1) is 17.8 Å². The first-order valence-corrected chi connectivity index (χ1v) is 9.92. The SMILES string of the molecule is Cc1nc(-c2ccccc2)sc1C(=O)N1C[C@]2(C)C[C@@H]1CC(C)(C)C2. The molecule has 4 heteroatoms. The van der Waals surface area contributed by atoms with Gasteiger partial charge in [-0.3, -0.25) is 4.79 Å². The van der Waals surface area contributed by atoms with E-state index in [4.69, 9.17) is 0 Å². The summed E-state index contributed by atoms with van der Waals surface area (Å²) in [6.07, 6.45) is 3.46. The number of benzene rings is 1. The minimum Gasteiger partial charge on any atom is -0.334 e. The first kappa shape index (κ1) is 16.8. The summed E-state index contributed by atoms with van der Waals surface area (Å²) in [5, 5.41) is 0.940. The van der Waals surface area contributed by atoms with E-state index >= 15 is 0 Å². The van der Waals surface area contributed by atoms with Crippen LogP contribution in [0.3, 0.4) is 0 Å². The highest BCUT2D eigenvalue weighted by Gasteiger charge is 2.51. The summed E-state index contributed by atoms with van der Waals surface area (Å²) in [6.45, 7) is 9.89. The Kier molecular flexibility index (Phi) is 3.80. The molecule has 2 bridgehead atoms. The number of likely N-dealkylation sites (tertiary alicyclic amines) is 1. The van der Waals surface area contributed by atoms with Gasteiger partial charge in [-0.25, -0.2) is 4.98 Å². The van der Waals surface area contributed by atoms with Gasteiger partial charge in [-0.05, 0) is 37.0 Å². The van der Waals surface area contributed by atoms with Crippen molar-refractivity contribution in [3.63, 3.8) is 0 Å². The van der Waals surface area contributed by atoms with Crippen LogP contribution in [0.1, 0.15) is 55.4 Å². The van der Waals surface area contributed by atoms with Crippen LogP contribution in [0.25, 0.3) is 10.6 Å². The largest absolute Gasteiger partial charge is 0.334 e. The van der Waals surface area contributed by atoms with Crippen molar-refractivity contribution < 1.29 is 4.79 Å². The molecule has 1 aliphatic heterocycles. The van der Waals surface area contributed by atoms with Crippen molar-refractivity contribution in [2.75, 3.05) is 6.54 Å². The number of carbonyl (C=O) groups is 1. The fourth-order valence-corrected chi connectivity index (χ4v) is 6.15. The summed E-state index contributed by atoms with van der Waals surface area (Å²) in [7, 11) is 0. The monoisotopic (exact) mass is 354 g/mol. The Balaban J connectivity index is 1.63. The maximum atomic E-state index is 13.3. The van der Waals surface area contributed by atoms with Crippen molar-refractivity contribution in [3.8, 4) is 10.6 Å². The minimum absolute atomic E-state index is 0.184. The zero-order valence-electron chi connectivity index (χ0n) is 15.5. The van der Waals surface area contributed by atoms with Crippen LogP contribution < -0.4 is 0 Å². The maximum absolute atomic E-state index is 13.3. The lowest BCUT2D eigenvalue weighted by atomic mass is 9.65. The molecule has 2 aliphatic rings. The molecule has 1 saturated carbocycles. The summed E-state index contributed by atoms with van der Waals surface area (Å²) in [5.74, 6) is 0.184. The zero-order chi connectivity index (χ0) is 17.8. The number of hydrogen-bond acceptors (Lipinski definition) is 3. The average molecular weight is 355 g/mol. The minimum atomic E-state index is 0.184. The normalized spacial score (nSPS) is 27.5. The fourth-order valence-electron chi connectivity index (χ4n) is 5.13. The predicted octanol–water partition coefficient (Wildman–Crippen LogP) is 5.16. The first-order chi connectivity index (χ1) is 11.8. The van der Waals surface area contributed by atoms with E-state index in [1.165, 1.54) is 17.8 Å². The third-order valence-corrected chi connectivity index (χ3v) is 6.88. The van der Waals surface area contributed by atoms with Gasteiger partial charge in [0.15, 0.2) is 0 Å². The predicted molar refractivity (Wildman–Crippen MR) is 103 cm³/mol. The molecule has 132 valence electrons. The van der Waals surface area contributed by atoms with Gasteiger partial charge in [-0.2, -0.15) is 0 Å². The van der Waals surface area contributed by atoms with Crippen LogP contribution in [0.15, 0.2) is 30.3 Å². The van der Waals surface area contributed by atoms with Crippen molar-refractivity contribution in [3.05, 3.63) is 40.9 Å². The average Bonchev–Trinajstić information content (AvgIpc) is 3.04. The molecule has 1 aliphatic carbocycles. The van der Waals surface area contributed by atoms with Gasteiger partial charge < -0.3 is 4.90 Å². The molecule has 1 aromatic heterocycles. The molecule has 25 heavy (non-hydrogen) atoms. The van der Waals surface area contributed by atoms with E-state index in [-0.39, 0.29) is 11.3 Å². The highest BCUT2D eigenvalue weighted by atomic mass is 32.1. The van der Waals surface area contributed by atoms with Gasteiger partial charge in [-0.15, -0.1) is 11.3 Å². The number of thiazole rings is 1. The molecule has 4 rings (SSSR count). The molecular weight excluding hydrogens is 328 g/mol. The molecule has 0 N–H and O–H groups in total. The first-order valence-electron chi connectivity index (χ1n) is 9.10. The molecule has 2 atom stereocenters. The quantitative estimate of drug-likeness (QED) is 0.746. The second-order valence-corrected chi connectivity index (χ2v) is 9.95. The third-order valence-electron chi connectivity index (χ3n) is 5.69. The number of amides is 1. The molecular formula is C21H26N2OS. The van der Waals surface area contributed by atoms with Crippen molar-refractivity contribution in [1.29, 1.82) is 0 Å². The summed E-state index contributed by atoms with van der Waals surface area (Å²) in [6, 6.07) is 10.5. The summed E-state index contributed by atoms with van der Waals surface area (Å²) >= 11 is 1.54. The van der Waals surface area contributed by atoms with Crippen molar-refractivity contribution in [2.24, 2.45) is 10.8 Å². The van der Waals surface area contributed by atoms with Gasteiger partial charge in [0.05, 0.1) is 5.69 Å². The van der Waals surface area contributed by atoms with E-state index in [1.54, 1.807) is 0 Å². The zero-order valence-corrected chi connectivity index (χ0v) is 16.3. The molecule has 1 amide bonds. The lowest BCUT2D eigenvalue weighted by Crippen LogP contribution is -2.37. The molecule has 1 saturated heterocycles. The van der Waals surface area contributed by atoms with Crippen molar-refractivity contribution in [1.82, 2.24) is 9.88 Å². The van der Waals surface area contributed by atoms with Gasteiger partial charge in [-0.1, -0.05) is 51.1 Å². The Morgan fingerprint density at radius 3 is 2.64 bits per heavy atom. The number of fused-ring (bicyclic) bond motifs is 2. The van der Waals surface area contributed by atoms with Crippen molar-refractivity contribution in [2.45, 2.75) is 53.0 Å². The second-order valence-electron chi connectivity index (χ2n) is 8.95. The van der Waals surface area contributed by atoms with E-state index in [0.29, 0.717) is 11.5 Å². The van der Waals surface area contributed by atoms with Gasteiger partial charge in [0.25, 0.3) is 5.91 Å². The van der Waals surface area contributed by atoms with Crippen LogP contribution in [-0.2, 0) is 0 Å². The lowest BCUT2D eigenvalue weighted by molar-refractivity contribution is 0.0712. The maximum Gasteiger partial charge on any atom is 0.266 e. The number of rotatable bonds is 2. The highest BCUT2D eigenvalue weighted by Crippen LogP contribution is 2.53. The van der Waals surface area contributed by atoms with Crippen LogP contribution in [0.4, 0.5) is 0 Å². The highest BCUT2D eigenvalue weighted by molar-refractivity contribution is 7.17. The Morgan fingerprint density at radius 1 is 1.20 bits per heavy atom. The van der Waals surface area contributed by atoms with E-state index in [0.717, 1.165) is 40.5 Å². The van der Waals surface area contributed by atoms with Gasteiger partial charge in [0, 0.05) is 18.2 Å². The van der Waals surface area contributed by atoms with Crippen molar-refractivity contribution >= 4 is 17.2 Å². The Hall–Kier alpha value is -1.68. The van der Waals surface area contributed by atoms with Gasteiger partial charge in [0.2, 0.25) is 0 Å². The Morgan fingerprint density at radius 2 is 1.92 bits per heavy atom. The molecule has 2 fully saturated rings. The molecule has 0 unspecified atom stereocenters. The van der Waals surface area contributed by atoms with Crippen LogP contribution in [-0.4, -0.2) is 28.4 Å². The lowest BCUT2D eigenvalue weighted by Gasteiger charge is -2.39. The molecule has 1 aromatic carbocycles. The molecule has 3 nitrogen and oxygen atoms in total. The molecule has 0 radical (unpaired) electrons. The second kappa shape index (κ2) is 5.66. The molecule has 2 heterocycles. The topological polar surface area (TPSA) is 33.2 Å². The van der Waals surface area contributed by atoms with E-state index < -0.39 is 0 Å².